The molecule has 3 aromatic rings. The van der Waals surface area contributed by atoms with Gasteiger partial charge >= 0.3 is 0 Å². The average Bonchev–Trinajstić information content (AvgIpc) is 2.74. The molecule has 1 aliphatic heterocycles. The highest BCUT2D eigenvalue weighted by Gasteiger charge is 2.30. The normalized spacial score (nSPS) is 14.4. The Morgan fingerprint density at radius 2 is 1.90 bits per heavy atom. The predicted octanol–water partition coefficient (Wildman–Crippen LogP) is 3.86. The van der Waals surface area contributed by atoms with Crippen molar-refractivity contribution in [3.8, 4) is 17.1 Å². The number of sulfonamides is 1. The molecule has 0 radical (unpaired) electrons. The van der Waals surface area contributed by atoms with Gasteiger partial charge in [0, 0.05) is 41.9 Å². The van der Waals surface area contributed by atoms with E-state index in [9.17, 15) is 8.42 Å². The third-order valence-corrected chi connectivity index (χ3v) is 7.48. The third kappa shape index (κ3) is 3.73. The largest absolute Gasteiger partial charge is 0.497 e. The third-order valence-electron chi connectivity index (χ3n) is 5.08. The molecule has 29 heavy (non-hydrogen) atoms. The fraction of sp³-hybridized carbons (Fsp3) is 0.238. The van der Waals surface area contributed by atoms with Crippen LogP contribution in [-0.4, -0.2) is 36.3 Å². The van der Waals surface area contributed by atoms with E-state index in [1.807, 2.05) is 24.3 Å². The van der Waals surface area contributed by atoms with Gasteiger partial charge in [-0.15, -0.1) is 0 Å². The fourth-order valence-corrected chi connectivity index (χ4v) is 5.28. The molecule has 6 nitrogen and oxygen atoms in total. The van der Waals surface area contributed by atoms with E-state index in [4.69, 9.17) is 16.3 Å². The van der Waals surface area contributed by atoms with E-state index in [1.165, 1.54) is 4.31 Å². The lowest BCUT2D eigenvalue weighted by Crippen LogP contribution is -2.36. The number of ether oxygens (including phenoxy) is 1. The van der Waals surface area contributed by atoms with Crippen LogP contribution >= 0.6 is 11.6 Å². The molecule has 0 N–H and O–H groups in total. The van der Waals surface area contributed by atoms with Crippen molar-refractivity contribution in [3.63, 3.8) is 0 Å². The minimum absolute atomic E-state index is 0.240. The molecule has 0 spiro atoms. The first-order chi connectivity index (χ1) is 13.9. The van der Waals surface area contributed by atoms with Crippen LogP contribution in [0, 0.1) is 6.92 Å². The summed E-state index contributed by atoms with van der Waals surface area (Å²) in [6.07, 6.45) is 2.24. The number of benzene rings is 2. The van der Waals surface area contributed by atoms with E-state index in [0.29, 0.717) is 29.4 Å². The Kier molecular flexibility index (Phi) is 5.29. The molecular formula is C21H20ClN3O3S. The van der Waals surface area contributed by atoms with Crippen LogP contribution in [-0.2, 0) is 23.0 Å². The monoisotopic (exact) mass is 429 g/mol. The van der Waals surface area contributed by atoms with Crippen LogP contribution in [0.2, 0.25) is 5.02 Å². The van der Waals surface area contributed by atoms with Crippen molar-refractivity contribution in [1.82, 2.24) is 14.3 Å². The Hall–Kier alpha value is -2.48. The molecule has 0 unspecified atom stereocenters. The molecule has 0 saturated heterocycles. The zero-order valence-corrected chi connectivity index (χ0v) is 17.7. The molecule has 0 aliphatic carbocycles. The first-order valence-electron chi connectivity index (χ1n) is 9.14. The van der Waals surface area contributed by atoms with Crippen molar-refractivity contribution in [2.45, 2.75) is 24.8 Å². The first-order valence-corrected chi connectivity index (χ1v) is 11.0. The predicted molar refractivity (Wildman–Crippen MR) is 112 cm³/mol. The van der Waals surface area contributed by atoms with Crippen LogP contribution in [0.1, 0.15) is 16.8 Å². The van der Waals surface area contributed by atoms with Crippen LogP contribution < -0.4 is 4.74 Å². The highest BCUT2D eigenvalue weighted by atomic mass is 35.5. The van der Waals surface area contributed by atoms with Gasteiger partial charge in [-0.3, -0.25) is 0 Å². The van der Waals surface area contributed by atoms with Gasteiger partial charge in [0.2, 0.25) is 10.0 Å². The van der Waals surface area contributed by atoms with Crippen molar-refractivity contribution >= 4 is 21.6 Å². The maximum absolute atomic E-state index is 13.1. The number of nitrogens with zero attached hydrogens (tertiary/aromatic N) is 3. The highest BCUT2D eigenvalue weighted by Crippen LogP contribution is 2.29. The van der Waals surface area contributed by atoms with Crippen molar-refractivity contribution in [3.05, 3.63) is 70.5 Å². The van der Waals surface area contributed by atoms with Crippen LogP contribution in [0.15, 0.2) is 53.6 Å². The van der Waals surface area contributed by atoms with Crippen molar-refractivity contribution in [1.29, 1.82) is 0 Å². The molecule has 150 valence electrons. The second kappa shape index (κ2) is 7.74. The number of hydrogen-bond acceptors (Lipinski definition) is 5. The van der Waals surface area contributed by atoms with E-state index in [2.05, 4.69) is 9.97 Å². The Labute approximate surface area is 175 Å². The molecule has 1 aromatic heterocycles. The Morgan fingerprint density at radius 1 is 1.14 bits per heavy atom. The molecule has 2 heterocycles. The summed E-state index contributed by atoms with van der Waals surface area (Å²) >= 11 is 6.12. The smallest absolute Gasteiger partial charge is 0.243 e. The maximum atomic E-state index is 13.1. The lowest BCUT2D eigenvalue weighted by Gasteiger charge is -2.28. The lowest BCUT2D eigenvalue weighted by molar-refractivity contribution is 0.386. The van der Waals surface area contributed by atoms with Crippen LogP contribution in [0.3, 0.4) is 0 Å². The molecule has 1 aliphatic rings. The van der Waals surface area contributed by atoms with E-state index >= 15 is 0 Å². The van der Waals surface area contributed by atoms with Crippen LogP contribution in [0.4, 0.5) is 0 Å². The van der Waals surface area contributed by atoms with E-state index in [0.717, 1.165) is 22.6 Å². The topological polar surface area (TPSA) is 72.4 Å². The minimum Gasteiger partial charge on any atom is -0.497 e. The standard InChI is InChI=1S/C21H20ClN3O3S/c1-14-18(22)4-3-5-20(14)29(26,27)25-11-10-19-16(13-25)12-23-21(24-19)15-6-8-17(28-2)9-7-15/h3-9,12H,10-11,13H2,1-2H3. The van der Waals surface area contributed by atoms with Gasteiger partial charge in [0.25, 0.3) is 0 Å². The quantitative estimate of drug-likeness (QED) is 0.629. The van der Waals surface area contributed by atoms with Crippen LogP contribution in [0.5, 0.6) is 5.75 Å². The second-order valence-electron chi connectivity index (χ2n) is 6.85. The van der Waals surface area contributed by atoms with Gasteiger partial charge in [0.15, 0.2) is 5.82 Å². The van der Waals surface area contributed by atoms with Gasteiger partial charge < -0.3 is 4.74 Å². The molecule has 2 aromatic carbocycles. The number of fused-ring (bicyclic) bond motifs is 1. The van der Waals surface area contributed by atoms with Gasteiger partial charge in [-0.25, -0.2) is 18.4 Å². The summed E-state index contributed by atoms with van der Waals surface area (Å²) in [5.74, 6) is 1.39. The highest BCUT2D eigenvalue weighted by molar-refractivity contribution is 7.89. The molecule has 0 fully saturated rings. The summed E-state index contributed by atoms with van der Waals surface area (Å²) in [4.78, 5) is 9.35. The van der Waals surface area contributed by atoms with Gasteiger partial charge in [0.05, 0.1) is 17.7 Å². The minimum atomic E-state index is -3.65. The molecule has 0 bridgehead atoms. The van der Waals surface area contributed by atoms with Gasteiger partial charge in [-0.05, 0) is 48.9 Å². The van der Waals surface area contributed by atoms with Gasteiger partial charge in [-0.1, -0.05) is 17.7 Å². The van der Waals surface area contributed by atoms with E-state index in [1.54, 1.807) is 38.4 Å². The van der Waals surface area contributed by atoms with Crippen molar-refractivity contribution in [2.75, 3.05) is 13.7 Å². The second-order valence-corrected chi connectivity index (χ2v) is 9.16. The zero-order valence-electron chi connectivity index (χ0n) is 16.1. The van der Waals surface area contributed by atoms with Gasteiger partial charge in [0.1, 0.15) is 5.75 Å². The molecule has 0 atom stereocenters. The summed E-state index contributed by atoms with van der Waals surface area (Å²) in [6.45, 7) is 2.32. The first kappa shape index (κ1) is 19.8. The molecule has 0 saturated carbocycles. The number of hydrogen-bond donors (Lipinski definition) is 0. The average molecular weight is 430 g/mol. The lowest BCUT2D eigenvalue weighted by atomic mass is 10.1. The summed E-state index contributed by atoms with van der Waals surface area (Å²) in [5, 5.41) is 0.441. The van der Waals surface area contributed by atoms with Gasteiger partial charge in [-0.2, -0.15) is 4.31 Å². The number of aromatic nitrogens is 2. The Bertz CT molecular complexity index is 1160. The Balaban J connectivity index is 1.61. The number of rotatable bonds is 4. The number of halogens is 1. The summed E-state index contributed by atoms with van der Waals surface area (Å²) in [6, 6.07) is 12.5. The molecule has 0 amide bonds. The van der Waals surface area contributed by atoms with Crippen molar-refractivity contribution < 1.29 is 13.2 Å². The molecular weight excluding hydrogens is 410 g/mol. The molecule has 4 rings (SSSR count). The SMILES string of the molecule is COc1ccc(-c2ncc3c(n2)CCN(S(=O)(=O)c2cccc(Cl)c2C)C3)cc1. The van der Waals surface area contributed by atoms with Crippen molar-refractivity contribution in [2.24, 2.45) is 0 Å². The Morgan fingerprint density at radius 3 is 2.62 bits per heavy atom. The summed E-state index contributed by atoms with van der Waals surface area (Å²) < 4.78 is 32.9. The zero-order chi connectivity index (χ0) is 20.6. The fourth-order valence-electron chi connectivity index (χ4n) is 3.38. The summed E-state index contributed by atoms with van der Waals surface area (Å²) in [5.41, 5.74) is 3.14. The van der Waals surface area contributed by atoms with E-state index in [-0.39, 0.29) is 11.4 Å². The van der Waals surface area contributed by atoms with E-state index < -0.39 is 10.0 Å². The maximum Gasteiger partial charge on any atom is 0.243 e. The number of methoxy groups -OCH3 is 1. The summed E-state index contributed by atoms with van der Waals surface area (Å²) in [7, 11) is -2.03. The molecule has 8 heteroatoms. The van der Waals surface area contributed by atoms with Crippen LogP contribution in [0.25, 0.3) is 11.4 Å².